The van der Waals surface area contributed by atoms with Crippen molar-refractivity contribution in [2.75, 3.05) is 5.75 Å². The van der Waals surface area contributed by atoms with Crippen LogP contribution in [0.25, 0.3) is 0 Å². The molecule has 1 atom stereocenters. The monoisotopic (exact) mass is 280 g/mol. The molecule has 0 fully saturated rings. The molecule has 1 unspecified atom stereocenters. The Morgan fingerprint density at radius 2 is 2.42 bits per heavy atom. The topological polar surface area (TPSA) is 68.3 Å². The standard InChI is InChI=1S/C13H16N2O3S/c1-9-7-15(13(14-9)19-8-12(16)17)10(2)6-11-4-3-5-18-11/h3-5,7,10H,6,8H2,1-2H3,(H,16,17). The lowest BCUT2D eigenvalue weighted by Gasteiger charge is -2.14. The predicted octanol–water partition coefficient (Wildman–Crippen LogP) is 2.76. The third-order valence-corrected chi connectivity index (χ3v) is 3.65. The van der Waals surface area contributed by atoms with Crippen molar-refractivity contribution in [3.8, 4) is 0 Å². The van der Waals surface area contributed by atoms with Crippen LogP contribution in [-0.2, 0) is 11.2 Å². The molecule has 0 aromatic carbocycles. The van der Waals surface area contributed by atoms with E-state index in [0.29, 0.717) is 0 Å². The van der Waals surface area contributed by atoms with Crippen LogP contribution in [0.2, 0.25) is 0 Å². The first-order valence-corrected chi connectivity index (χ1v) is 6.97. The molecule has 1 N–H and O–H groups in total. The van der Waals surface area contributed by atoms with Gasteiger partial charge in [0, 0.05) is 18.7 Å². The van der Waals surface area contributed by atoms with Crippen LogP contribution < -0.4 is 0 Å². The van der Waals surface area contributed by atoms with Crippen LogP contribution in [0.3, 0.4) is 0 Å². The molecule has 0 aliphatic rings. The largest absolute Gasteiger partial charge is 0.481 e. The van der Waals surface area contributed by atoms with Gasteiger partial charge in [-0.15, -0.1) is 0 Å². The van der Waals surface area contributed by atoms with Gasteiger partial charge in [0.2, 0.25) is 0 Å². The minimum Gasteiger partial charge on any atom is -0.481 e. The summed E-state index contributed by atoms with van der Waals surface area (Å²) < 4.78 is 7.34. The molecule has 6 heteroatoms. The number of imidazole rings is 1. The molecule has 0 spiro atoms. The summed E-state index contributed by atoms with van der Waals surface area (Å²) in [4.78, 5) is 15.0. The first-order valence-electron chi connectivity index (χ1n) is 5.98. The van der Waals surface area contributed by atoms with E-state index in [1.165, 1.54) is 11.8 Å². The lowest BCUT2D eigenvalue weighted by atomic mass is 10.2. The summed E-state index contributed by atoms with van der Waals surface area (Å²) in [7, 11) is 0. The van der Waals surface area contributed by atoms with Gasteiger partial charge in [-0.3, -0.25) is 4.79 Å². The predicted molar refractivity (Wildman–Crippen MR) is 72.4 cm³/mol. The number of thioether (sulfide) groups is 1. The van der Waals surface area contributed by atoms with E-state index in [1.807, 2.05) is 29.8 Å². The Morgan fingerprint density at radius 1 is 1.63 bits per heavy atom. The highest BCUT2D eigenvalue weighted by molar-refractivity contribution is 7.99. The summed E-state index contributed by atoms with van der Waals surface area (Å²) in [6.45, 7) is 3.97. The number of carboxylic acids is 1. The maximum atomic E-state index is 10.6. The zero-order chi connectivity index (χ0) is 13.8. The van der Waals surface area contributed by atoms with Gasteiger partial charge in [-0.25, -0.2) is 4.98 Å². The van der Waals surface area contributed by atoms with Crippen LogP contribution in [0.1, 0.15) is 24.4 Å². The number of aryl methyl sites for hydroxylation is 1. The van der Waals surface area contributed by atoms with Crippen molar-refractivity contribution in [1.29, 1.82) is 0 Å². The third-order valence-electron chi connectivity index (χ3n) is 2.70. The zero-order valence-electron chi connectivity index (χ0n) is 10.9. The smallest absolute Gasteiger partial charge is 0.313 e. The van der Waals surface area contributed by atoms with Gasteiger partial charge in [0.1, 0.15) is 5.76 Å². The molecule has 2 heterocycles. The van der Waals surface area contributed by atoms with Crippen LogP contribution in [0, 0.1) is 6.92 Å². The van der Waals surface area contributed by atoms with Crippen molar-refractivity contribution < 1.29 is 14.3 Å². The minimum atomic E-state index is -0.837. The number of aliphatic carboxylic acids is 1. The first-order chi connectivity index (χ1) is 9.06. The molecule has 0 bridgehead atoms. The van der Waals surface area contributed by atoms with Crippen molar-refractivity contribution >= 4 is 17.7 Å². The van der Waals surface area contributed by atoms with Gasteiger partial charge in [0.05, 0.1) is 17.7 Å². The highest BCUT2D eigenvalue weighted by Gasteiger charge is 2.15. The average Bonchev–Trinajstić information content (AvgIpc) is 2.95. The second kappa shape index (κ2) is 5.97. The van der Waals surface area contributed by atoms with E-state index in [1.54, 1.807) is 6.26 Å². The second-order valence-corrected chi connectivity index (χ2v) is 5.33. The molecule has 0 saturated carbocycles. The Hall–Kier alpha value is -1.69. The molecule has 2 aromatic rings. The van der Waals surface area contributed by atoms with Gasteiger partial charge in [0.25, 0.3) is 0 Å². The molecule has 0 radical (unpaired) electrons. The highest BCUT2D eigenvalue weighted by Crippen LogP contribution is 2.24. The van der Waals surface area contributed by atoms with E-state index < -0.39 is 5.97 Å². The lowest BCUT2D eigenvalue weighted by molar-refractivity contribution is -0.133. The zero-order valence-corrected chi connectivity index (χ0v) is 11.7. The highest BCUT2D eigenvalue weighted by atomic mass is 32.2. The fourth-order valence-electron chi connectivity index (χ4n) is 1.86. The van der Waals surface area contributed by atoms with Crippen molar-refractivity contribution in [2.45, 2.75) is 31.5 Å². The molecule has 2 rings (SSSR count). The fourth-order valence-corrected chi connectivity index (χ4v) is 2.70. The Morgan fingerprint density at radius 3 is 3.05 bits per heavy atom. The third kappa shape index (κ3) is 3.64. The van der Waals surface area contributed by atoms with Gasteiger partial charge in [-0.05, 0) is 26.0 Å². The van der Waals surface area contributed by atoms with Crippen LogP contribution in [0.15, 0.2) is 34.2 Å². The number of carbonyl (C=O) groups is 1. The molecular formula is C13H16N2O3S. The van der Waals surface area contributed by atoms with Crippen LogP contribution in [0.4, 0.5) is 0 Å². The molecule has 5 nitrogen and oxygen atoms in total. The summed E-state index contributed by atoms with van der Waals surface area (Å²) in [6.07, 6.45) is 4.35. The Bertz CT molecular complexity index is 548. The Kier molecular flexibility index (Phi) is 4.31. The summed E-state index contributed by atoms with van der Waals surface area (Å²) in [5, 5.41) is 9.48. The molecule has 0 saturated heterocycles. The molecule has 19 heavy (non-hydrogen) atoms. The first kappa shape index (κ1) is 13.7. The van der Waals surface area contributed by atoms with E-state index >= 15 is 0 Å². The lowest BCUT2D eigenvalue weighted by Crippen LogP contribution is -2.09. The summed E-state index contributed by atoms with van der Waals surface area (Å²) in [5.41, 5.74) is 0.888. The van der Waals surface area contributed by atoms with Gasteiger partial charge in [-0.1, -0.05) is 11.8 Å². The van der Waals surface area contributed by atoms with E-state index in [4.69, 9.17) is 9.52 Å². The minimum absolute atomic E-state index is 0.0178. The van der Waals surface area contributed by atoms with Crippen LogP contribution >= 0.6 is 11.8 Å². The summed E-state index contributed by atoms with van der Waals surface area (Å²) >= 11 is 1.24. The maximum Gasteiger partial charge on any atom is 0.313 e. The number of rotatable bonds is 6. The average molecular weight is 280 g/mol. The molecule has 2 aromatic heterocycles. The van der Waals surface area contributed by atoms with Gasteiger partial charge in [0.15, 0.2) is 5.16 Å². The van der Waals surface area contributed by atoms with Crippen molar-refractivity contribution in [1.82, 2.24) is 9.55 Å². The normalized spacial score (nSPS) is 12.5. The van der Waals surface area contributed by atoms with Gasteiger partial charge >= 0.3 is 5.97 Å². The van der Waals surface area contributed by atoms with E-state index in [2.05, 4.69) is 11.9 Å². The van der Waals surface area contributed by atoms with E-state index in [-0.39, 0.29) is 11.8 Å². The Labute approximate surface area is 115 Å². The second-order valence-electron chi connectivity index (χ2n) is 4.39. The molecule has 102 valence electrons. The number of hydrogen-bond acceptors (Lipinski definition) is 4. The number of nitrogens with zero attached hydrogens (tertiary/aromatic N) is 2. The molecule has 0 amide bonds. The summed E-state index contributed by atoms with van der Waals surface area (Å²) in [5.74, 6) is 0.0909. The fraction of sp³-hybridized carbons (Fsp3) is 0.385. The van der Waals surface area contributed by atoms with Crippen molar-refractivity contribution in [3.63, 3.8) is 0 Å². The van der Waals surface area contributed by atoms with E-state index in [0.717, 1.165) is 23.0 Å². The molecule has 0 aliphatic carbocycles. The number of aromatic nitrogens is 2. The van der Waals surface area contributed by atoms with E-state index in [9.17, 15) is 4.79 Å². The SMILES string of the molecule is Cc1cn(C(C)Cc2ccco2)c(SCC(=O)O)n1. The van der Waals surface area contributed by atoms with Crippen molar-refractivity contribution in [2.24, 2.45) is 0 Å². The quantitative estimate of drug-likeness (QED) is 0.824. The Balaban J connectivity index is 2.11. The number of hydrogen-bond donors (Lipinski definition) is 1. The number of furan rings is 1. The van der Waals surface area contributed by atoms with Crippen LogP contribution in [0.5, 0.6) is 0 Å². The van der Waals surface area contributed by atoms with Crippen molar-refractivity contribution in [3.05, 3.63) is 36.0 Å². The molecule has 0 aliphatic heterocycles. The van der Waals surface area contributed by atoms with Gasteiger partial charge < -0.3 is 14.1 Å². The maximum absolute atomic E-state index is 10.6. The summed E-state index contributed by atoms with van der Waals surface area (Å²) in [6, 6.07) is 3.97. The number of carboxylic acid groups (broad SMARTS) is 1. The van der Waals surface area contributed by atoms with Crippen LogP contribution in [-0.4, -0.2) is 26.4 Å². The molecular weight excluding hydrogens is 264 g/mol. The van der Waals surface area contributed by atoms with Gasteiger partial charge in [-0.2, -0.15) is 0 Å².